The molecule has 4 rings (SSSR count). The van der Waals surface area contributed by atoms with E-state index in [2.05, 4.69) is 36.3 Å². The van der Waals surface area contributed by atoms with Crippen molar-refractivity contribution in [3.05, 3.63) is 57.6 Å². The zero-order valence-corrected chi connectivity index (χ0v) is 18.0. The van der Waals surface area contributed by atoms with Crippen LogP contribution in [0.25, 0.3) is 16.6 Å². The number of ether oxygens (including phenoxy) is 1. The number of rotatable bonds is 5. The van der Waals surface area contributed by atoms with E-state index in [1.165, 1.54) is 12.4 Å². The maximum atomic E-state index is 12.9. The molecule has 0 saturated heterocycles. The SMILES string of the molecule is O=C(O)NC1(C(=O)Nc2cc(-n3cnc4cc(Br)ccc4c3=O)ccc2OC(F)(F)F)CC1. The molecule has 1 heterocycles. The fourth-order valence-electron chi connectivity index (χ4n) is 3.24. The van der Waals surface area contributed by atoms with Gasteiger partial charge in [0.25, 0.3) is 5.56 Å². The van der Waals surface area contributed by atoms with E-state index in [-0.39, 0.29) is 23.9 Å². The van der Waals surface area contributed by atoms with Crippen LogP contribution >= 0.6 is 15.9 Å². The predicted molar refractivity (Wildman–Crippen MR) is 113 cm³/mol. The lowest BCUT2D eigenvalue weighted by molar-refractivity contribution is -0.274. The van der Waals surface area contributed by atoms with Gasteiger partial charge in [-0.25, -0.2) is 9.78 Å². The predicted octanol–water partition coefficient (Wildman–Crippen LogP) is 3.79. The molecule has 1 aliphatic carbocycles. The van der Waals surface area contributed by atoms with Gasteiger partial charge in [0.15, 0.2) is 5.75 Å². The van der Waals surface area contributed by atoms with Crippen LogP contribution in [0, 0.1) is 0 Å². The number of carbonyl (C=O) groups excluding carboxylic acids is 1. The minimum atomic E-state index is -5.05. The summed E-state index contributed by atoms with van der Waals surface area (Å²) >= 11 is 3.28. The van der Waals surface area contributed by atoms with Crippen LogP contribution in [0.2, 0.25) is 0 Å². The minimum Gasteiger partial charge on any atom is -0.465 e. The van der Waals surface area contributed by atoms with Crippen molar-refractivity contribution in [2.45, 2.75) is 24.7 Å². The summed E-state index contributed by atoms with van der Waals surface area (Å²) in [5, 5.41) is 13.5. The Balaban J connectivity index is 1.75. The Morgan fingerprint density at radius 2 is 1.91 bits per heavy atom. The average molecular weight is 527 g/mol. The summed E-state index contributed by atoms with van der Waals surface area (Å²) in [6.45, 7) is 0. The van der Waals surface area contributed by atoms with Crippen molar-refractivity contribution >= 4 is 44.5 Å². The number of aromatic nitrogens is 2. The Labute approximate surface area is 191 Å². The standard InChI is InChI=1S/C20H14BrF3N4O5/c21-10-1-3-12-13(7-10)25-9-28(16(12)29)11-2-4-15(33-20(22,23)24)14(8-11)26-17(30)19(5-6-19)27-18(31)32/h1-4,7-9,27H,5-6H2,(H,26,30)(H,31,32). The minimum absolute atomic E-state index is 0.109. The molecular weight excluding hydrogens is 513 g/mol. The summed E-state index contributed by atoms with van der Waals surface area (Å²) in [5.74, 6) is -1.57. The number of anilines is 1. The van der Waals surface area contributed by atoms with Gasteiger partial charge in [0.05, 0.1) is 22.3 Å². The van der Waals surface area contributed by atoms with Crippen LogP contribution in [0.4, 0.5) is 23.7 Å². The number of benzene rings is 2. The van der Waals surface area contributed by atoms with Gasteiger partial charge in [-0.15, -0.1) is 13.2 Å². The van der Waals surface area contributed by atoms with Crippen molar-refractivity contribution in [3.63, 3.8) is 0 Å². The van der Waals surface area contributed by atoms with Crippen LogP contribution in [0.15, 0.2) is 52.0 Å². The summed E-state index contributed by atoms with van der Waals surface area (Å²) in [6.07, 6.45) is -4.92. The number of alkyl halides is 3. The molecule has 2 amide bonds. The Bertz CT molecular complexity index is 1340. The highest BCUT2D eigenvalue weighted by Crippen LogP contribution is 2.38. The van der Waals surface area contributed by atoms with Crippen molar-refractivity contribution in [2.75, 3.05) is 5.32 Å². The second-order valence-electron chi connectivity index (χ2n) is 7.28. The zero-order valence-electron chi connectivity index (χ0n) is 16.4. The second kappa shape index (κ2) is 8.06. The van der Waals surface area contributed by atoms with Crippen LogP contribution in [-0.2, 0) is 4.79 Å². The molecule has 33 heavy (non-hydrogen) atoms. The molecule has 2 aromatic carbocycles. The van der Waals surface area contributed by atoms with Crippen LogP contribution in [0.3, 0.4) is 0 Å². The fraction of sp³-hybridized carbons (Fsp3) is 0.200. The van der Waals surface area contributed by atoms with Gasteiger partial charge < -0.3 is 20.5 Å². The lowest BCUT2D eigenvalue weighted by atomic mass is 10.2. The van der Waals surface area contributed by atoms with Crippen molar-refractivity contribution in [1.29, 1.82) is 0 Å². The van der Waals surface area contributed by atoms with Crippen molar-refractivity contribution in [3.8, 4) is 11.4 Å². The first-order chi connectivity index (χ1) is 15.5. The normalized spacial score (nSPS) is 14.5. The molecule has 0 radical (unpaired) electrons. The molecule has 1 saturated carbocycles. The fourth-order valence-corrected chi connectivity index (χ4v) is 3.59. The first kappa shape index (κ1) is 22.6. The average Bonchev–Trinajstić information content (AvgIpc) is 3.48. The van der Waals surface area contributed by atoms with E-state index in [1.54, 1.807) is 18.2 Å². The highest BCUT2D eigenvalue weighted by atomic mass is 79.9. The van der Waals surface area contributed by atoms with E-state index in [1.807, 2.05) is 0 Å². The molecule has 1 fully saturated rings. The highest BCUT2D eigenvalue weighted by molar-refractivity contribution is 9.10. The smallest absolute Gasteiger partial charge is 0.465 e. The molecule has 172 valence electrons. The van der Waals surface area contributed by atoms with Gasteiger partial charge in [-0.2, -0.15) is 0 Å². The molecule has 1 aromatic heterocycles. The second-order valence-corrected chi connectivity index (χ2v) is 8.19. The van der Waals surface area contributed by atoms with Crippen LogP contribution < -0.4 is 20.9 Å². The van der Waals surface area contributed by atoms with Crippen molar-refractivity contribution < 1.29 is 32.6 Å². The van der Waals surface area contributed by atoms with E-state index in [4.69, 9.17) is 5.11 Å². The van der Waals surface area contributed by atoms with Gasteiger partial charge in [0.2, 0.25) is 5.91 Å². The zero-order chi connectivity index (χ0) is 24.0. The van der Waals surface area contributed by atoms with Gasteiger partial charge in [0, 0.05) is 4.47 Å². The van der Waals surface area contributed by atoms with Crippen molar-refractivity contribution in [2.24, 2.45) is 0 Å². The third-order valence-corrected chi connectivity index (χ3v) is 5.46. The maximum absolute atomic E-state index is 12.9. The Kier molecular flexibility index (Phi) is 5.52. The summed E-state index contributed by atoms with van der Waals surface area (Å²) < 4.78 is 44.4. The third-order valence-electron chi connectivity index (χ3n) is 4.97. The summed E-state index contributed by atoms with van der Waals surface area (Å²) in [5.41, 5.74) is -1.80. The number of amides is 2. The number of hydrogen-bond donors (Lipinski definition) is 3. The van der Waals surface area contributed by atoms with E-state index in [9.17, 15) is 27.6 Å². The Morgan fingerprint density at radius 3 is 2.55 bits per heavy atom. The molecule has 3 aromatic rings. The summed E-state index contributed by atoms with van der Waals surface area (Å²) in [6, 6.07) is 8.09. The number of carboxylic acid groups (broad SMARTS) is 1. The number of halogens is 4. The lowest BCUT2D eigenvalue weighted by Gasteiger charge is -2.19. The molecular formula is C20H14BrF3N4O5. The van der Waals surface area contributed by atoms with Gasteiger partial charge >= 0.3 is 12.5 Å². The number of nitrogens with one attached hydrogen (secondary N) is 2. The molecule has 0 spiro atoms. The molecule has 0 aliphatic heterocycles. The quantitative estimate of drug-likeness (QED) is 0.465. The van der Waals surface area contributed by atoms with Crippen LogP contribution in [0.1, 0.15) is 12.8 Å². The maximum Gasteiger partial charge on any atom is 0.573 e. The van der Waals surface area contributed by atoms with Gasteiger partial charge in [-0.05, 0) is 49.2 Å². The van der Waals surface area contributed by atoms with Gasteiger partial charge in [-0.3, -0.25) is 14.2 Å². The monoisotopic (exact) mass is 526 g/mol. The van der Waals surface area contributed by atoms with Crippen LogP contribution in [-0.4, -0.2) is 38.6 Å². The number of hydrogen-bond acceptors (Lipinski definition) is 5. The Morgan fingerprint density at radius 1 is 1.18 bits per heavy atom. The summed E-state index contributed by atoms with van der Waals surface area (Å²) in [4.78, 5) is 40.7. The molecule has 13 heteroatoms. The van der Waals surface area contributed by atoms with Crippen molar-refractivity contribution in [1.82, 2.24) is 14.9 Å². The van der Waals surface area contributed by atoms with Gasteiger partial charge in [0.1, 0.15) is 11.9 Å². The number of fused-ring (bicyclic) bond motifs is 1. The van der Waals surface area contributed by atoms with Gasteiger partial charge in [-0.1, -0.05) is 15.9 Å². The van der Waals surface area contributed by atoms with E-state index < -0.39 is 40.9 Å². The summed E-state index contributed by atoms with van der Waals surface area (Å²) in [7, 11) is 0. The molecule has 3 N–H and O–H groups in total. The number of nitrogens with zero attached hydrogens (tertiary/aromatic N) is 2. The first-order valence-electron chi connectivity index (χ1n) is 9.37. The Hall–Kier alpha value is -3.61. The molecule has 9 nitrogen and oxygen atoms in total. The third kappa shape index (κ3) is 4.77. The molecule has 1 aliphatic rings. The molecule has 0 unspecified atom stereocenters. The van der Waals surface area contributed by atoms with E-state index >= 15 is 0 Å². The lowest BCUT2D eigenvalue weighted by Crippen LogP contribution is -2.45. The largest absolute Gasteiger partial charge is 0.573 e. The van der Waals surface area contributed by atoms with E-state index in [0.717, 1.165) is 16.7 Å². The number of carbonyl (C=O) groups is 2. The first-order valence-corrected chi connectivity index (χ1v) is 10.2. The molecule has 0 atom stereocenters. The molecule has 0 bridgehead atoms. The van der Waals surface area contributed by atoms with E-state index in [0.29, 0.717) is 9.99 Å². The highest BCUT2D eigenvalue weighted by Gasteiger charge is 2.51. The topological polar surface area (TPSA) is 123 Å². The van der Waals surface area contributed by atoms with Crippen LogP contribution in [0.5, 0.6) is 5.75 Å².